The van der Waals surface area contributed by atoms with E-state index < -0.39 is 52.9 Å². The zero-order chi connectivity index (χ0) is 56.4. The number of aliphatic hydroxyl groups is 1. The molecule has 10 atom stereocenters. The number of carbonyl (C=O) groups excluding carboxylic acids is 4. The number of benzene rings is 4. The maximum Gasteiger partial charge on any atom is 0.338 e. The van der Waals surface area contributed by atoms with Crippen molar-refractivity contribution in [3.8, 4) is 46.0 Å². The number of hydrogen-bond donors (Lipinski definition) is 2. The van der Waals surface area contributed by atoms with Crippen LogP contribution in [0.5, 0.6) is 46.0 Å². The topological polar surface area (TPSA) is 223 Å². The molecule has 79 heavy (non-hydrogen) atoms. The van der Waals surface area contributed by atoms with Gasteiger partial charge in [0.15, 0.2) is 47.3 Å². The number of carbonyl (C=O) groups is 4. The van der Waals surface area contributed by atoms with Gasteiger partial charge in [-0.1, -0.05) is 37.8 Å². The SMILES string of the molecule is C.COc1cc(/C=C/C(=O)O[C@H]2CC3CC(OC(=O)Cc4ccccc4)CC2N3C)cc(OC)c1OC.COc1cc(C(=O)OC2CC3[C@@H](OC(=O)/C=C/c4cc(OC)c(OC)c(OC)c4)[C@@H](O)C(C2)[N@@+]3(C)O)cc(OC)c1C. The Hall–Kier alpha value is -7.52. The molecular formula is C59H75N2O18+. The Labute approximate surface area is 461 Å². The summed E-state index contributed by atoms with van der Waals surface area (Å²) in [5.41, 5.74) is 3.23. The minimum atomic E-state index is -1.17. The molecule has 4 aliphatic heterocycles. The number of hydroxylamine groups is 3. The standard InChI is InChI=1S/C30H38NO11.C28H33NO7.CH4/c1-16-22(36-3)12-18(13-23(16)37-4)30(34)41-19-14-20-27(33)28(21(15-19)31(20,2)35)42-26(32)9-8-17-10-24(38-5)29(40-7)25(11-17)39-6;1-29-20-15-21(35-27(31)14-18-8-6-5-7-9-18)17-22(29)23(16-20)36-26(30)11-10-19-12-24(32-2)28(34-4)25(13-19)33-3;/h8-13,19-21,27-28,33,35H,14-15H2,1-7H3;5-13,20-23H,14-17H2,1-4H3;1H4/q+1;;/b9-8+;11-10+;/t19?,20?,21?,27-,28+,31+;20?,21?,22?,23-;/m00./s1. The fraction of sp³-hybridized carbons (Fsp3) is 0.458. The van der Waals surface area contributed by atoms with E-state index in [4.69, 9.17) is 56.8 Å². The molecule has 0 aromatic heterocycles. The van der Waals surface area contributed by atoms with Crippen LogP contribution in [0.4, 0.5) is 0 Å². The first-order valence-corrected chi connectivity index (χ1v) is 25.4. The third kappa shape index (κ3) is 13.8. The van der Waals surface area contributed by atoms with Crippen LogP contribution in [0.15, 0.2) is 78.9 Å². The highest BCUT2D eigenvalue weighted by Crippen LogP contribution is 2.44. The molecule has 8 rings (SSSR count). The van der Waals surface area contributed by atoms with Crippen LogP contribution in [-0.4, -0.2) is 169 Å². The molecule has 0 saturated carbocycles. The molecule has 20 heteroatoms. The highest BCUT2D eigenvalue weighted by atomic mass is 16.6. The van der Waals surface area contributed by atoms with Gasteiger partial charge in [0.1, 0.15) is 29.8 Å². The van der Waals surface area contributed by atoms with E-state index in [1.54, 1.807) is 63.7 Å². The summed E-state index contributed by atoms with van der Waals surface area (Å²) in [6.45, 7) is 1.81. The quantitative estimate of drug-likeness (QED) is 0.0409. The Balaban J connectivity index is 0.000000255. The highest BCUT2D eigenvalue weighted by Gasteiger charge is 2.65. The molecule has 4 aromatic rings. The average molecular weight is 1100 g/mol. The number of fused-ring (bicyclic) bond motifs is 4. The lowest BCUT2D eigenvalue weighted by Gasteiger charge is -2.40. The summed E-state index contributed by atoms with van der Waals surface area (Å²) in [5.74, 6) is 1.74. The first-order chi connectivity index (χ1) is 37.4. The monoisotopic (exact) mass is 1100 g/mol. The van der Waals surface area contributed by atoms with Gasteiger partial charge in [0.2, 0.25) is 11.5 Å². The average Bonchev–Trinajstić information content (AvgIpc) is 3.84. The minimum absolute atomic E-state index is 0. The Morgan fingerprint density at radius 3 is 1.58 bits per heavy atom. The normalized spacial score (nSPS) is 24.7. The molecule has 20 nitrogen and oxygen atoms in total. The Kier molecular flexibility index (Phi) is 20.7. The zero-order valence-electron chi connectivity index (χ0n) is 45.9. The Morgan fingerprint density at radius 2 is 1.09 bits per heavy atom. The Morgan fingerprint density at radius 1 is 0.608 bits per heavy atom. The fourth-order valence-electron chi connectivity index (χ4n) is 11.0. The van der Waals surface area contributed by atoms with Gasteiger partial charge in [0.05, 0.1) is 82.0 Å². The number of likely N-dealkylation sites (N-methyl/N-ethyl adjacent to an activating group) is 2. The van der Waals surface area contributed by atoms with Gasteiger partial charge in [0, 0.05) is 55.9 Å². The molecule has 4 bridgehead atoms. The Bertz CT molecular complexity index is 2760. The van der Waals surface area contributed by atoms with Crippen LogP contribution in [0.25, 0.3) is 12.2 Å². The summed E-state index contributed by atoms with van der Waals surface area (Å²) in [5, 5.41) is 22.3. The van der Waals surface area contributed by atoms with Crippen molar-refractivity contribution in [3.05, 3.63) is 107 Å². The van der Waals surface area contributed by atoms with E-state index in [9.17, 15) is 29.5 Å². The van der Waals surface area contributed by atoms with E-state index in [1.807, 2.05) is 44.3 Å². The molecule has 4 heterocycles. The summed E-state index contributed by atoms with van der Waals surface area (Å²) < 4.78 is 65.3. The number of rotatable bonds is 19. The van der Waals surface area contributed by atoms with Crippen LogP contribution in [0, 0.1) is 6.92 Å². The van der Waals surface area contributed by atoms with Crippen LogP contribution in [0.2, 0.25) is 0 Å². The number of hydrogen-bond acceptors (Lipinski definition) is 19. The second-order valence-corrected chi connectivity index (χ2v) is 19.6. The molecule has 4 fully saturated rings. The van der Waals surface area contributed by atoms with Gasteiger partial charge in [-0.2, -0.15) is 4.65 Å². The van der Waals surface area contributed by atoms with Crippen molar-refractivity contribution in [1.82, 2.24) is 4.90 Å². The van der Waals surface area contributed by atoms with Crippen LogP contribution in [0.1, 0.15) is 72.1 Å². The maximum absolute atomic E-state index is 13.1. The molecule has 6 unspecified atom stereocenters. The molecular weight excluding hydrogens is 1020 g/mol. The summed E-state index contributed by atoms with van der Waals surface area (Å²) in [6.07, 6.45) is 5.23. The van der Waals surface area contributed by atoms with Crippen molar-refractivity contribution in [2.75, 3.05) is 71.0 Å². The number of methoxy groups -OCH3 is 8. The van der Waals surface area contributed by atoms with Crippen molar-refractivity contribution in [1.29, 1.82) is 0 Å². The van der Waals surface area contributed by atoms with Crippen LogP contribution < -0.4 is 37.9 Å². The fourth-order valence-corrected chi connectivity index (χ4v) is 11.0. The zero-order valence-corrected chi connectivity index (χ0v) is 45.9. The van der Waals surface area contributed by atoms with Gasteiger partial charge in [0.25, 0.3) is 0 Å². The lowest BCUT2D eigenvalue weighted by atomic mass is 9.99. The molecule has 4 aliphatic rings. The number of ether oxygens (including phenoxy) is 12. The van der Waals surface area contributed by atoms with Crippen molar-refractivity contribution in [2.45, 2.75) is 108 Å². The second-order valence-electron chi connectivity index (χ2n) is 19.6. The van der Waals surface area contributed by atoms with Crippen molar-refractivity contribution in [3.63, 3.8) is 0 Å². The van der Waals surface area contributed by atoms with Gasteiger partial charge < -0.3 is 61.9 Å². The molecule has 2 N–H and O–H groups in total. The van der Waals surface area contributed by atoms with Crippen molar-refractivity contribution < 1.29 is 91.0 Å². The van der Waals surface area contributed by atoms with Crippen LogP contribution >= 0.6 is 0 Å². The minimum Gasteiger partial charge on any atom is -0.496 e. The number of aliphatic hydroxyl groups excluding tert-OH is 1. The number of piperidine rings is 2. The summed E-state index contributed by atoms with van der Waals surface area (Å²) in [6, 6.07) is 18.3. The molecule has 428 valence electrons. The summed E-state index contributed by atoms with van der Waals surface area (Å²) in [7, 11) is 15.7. The van der Waals surface area contributed by atoms with E-state index in [2.05, 4.69) is 4.90 Å². The summed E-state index contributed by atoms with van der Waals surface area (Å²) in [4.78, 5) is 53.3. The van der Waals surface area contributed by atoms with Gasteiger partial charge >= 0.3 is 23.9 Å². The first-order valence-electron chi connectivity index (χ1n) is 25.4. The third-order valence-corrected chi connectivity index (χ3v) is 15.0. The number of esters is 4. The van der Waals surface area contributed by atoms with Crippen molar-refractivity contribution in [2.24, 2.45) is 0 Å². The smallest absolute Gasteiger partial charge is 0.338 e. The van der Waals surface area contributed by atoms with E-state index in [-0.39, 0.29) is 62.5 Å². The maximum atomic E-state index is 13.1. The molecule has 0 aliphatic carbocycles. The largest absolute Gasteiger partial charge is 0.496 e. The van der Waals surface area contributed by atoms with Gasteiger partial charge in [-0.3, -0.25) is 9.69 Å². The van der Waals surface area contributed by atoms with Gasteiger partial charge in [-0.25, -0.2) is 19.6 Å². The molecule has 4 saturated heterocycles. The molecule has 0 radical (unpaired) electrons. The first kappa shape index (κ1) is 60.7. The van der Waals surface area contributed by atoms with Gasteiger partial charge in [-0.15, -0.1) is 0 Å². The highest BCUT2D eigenvalue weighted by molar-refractivity contribution is 5.91. The lowest BCUT2D eigenvalue weighted by Crippen LogP contribution is -2.59. The summed E-state index contributed by atoms with van der Waals surface area (Å²) >= 11 is 0. The third-order valence-electron chi connectivity index (χ3n) is 15.0. The van der Waals surface area contributed by atoms with E-state index in [0.717, 1.165) is 24.0 Å². The van der Waals surface area contributed by atoms with Gasteiger partial charge in [-0.05, 0) is 79.2 Å². The second kappa shape index (κ2) is 26.9. The van der Waals surface area contributed by atoms with E-state index in [0.29, 0.717) is 63.5 Å². The molecule has 4 aromatic carbocycles. The van der Waals surface area contributed by atoms with Crippen LogP contribution in [-0.2, 0) is 39.8 Å². The molecule has 0 amide bonds. The van der Waals surface area contributed by atoms with Crippen LogP contribution in [0.3, 0.4) is 0 Å². The predicted molar refractivity (Wildman–Crippen MR) is 290 cm³/mol. The number of quaternary nitrogens is 1. The number of nitrogens with zero attached hydrogens (tertiary/aromatic N) is 2. The van der Waals surface area contributed by atoms with Crippen molar-refractivity contribution >= 4 is 36.0 Å². The lowest BCUT2D eigenvalue weighted by molar-refractivity contribution is -1.12. The van der Waals surface area contributed by atoms with E-state index >= 15 is 0 Å². The molecule has 0 spiro atoms. The predicted octanol–water partition coefficient (Wildman–Crippen LogP) is 7.22. The van der Waals surface area contributed by atoms with E-state index in [1.165, 1.54) is 60.9 Å².